The molecule has 0 fully saturated rings. The third kappa shape index (κ3) is 3.28. The lowest BCUT2D eigenvalue weighted by molar-refractivity contribution is 0.604. The number of benzene rings is 1. The summed E-state index contributed by atoms with van der Waals surface area (Å²) in [6, 6.07) is 3.04. The lowest BCUT2D eigenvalue weighted by Gasteiger charge is -2.07. The van der Waals surface area contributed by atoms with Gasteiger partial charge in [-0.2, -0.15) is 0 Å². The summed E-state index contributed by atoms with van der Waals surface area (Å²) in [5.74, 6) is -0.564. The first-order valence-corrected chi connectivity index (χ1v) is 5.99. The Hall–Kier alpha value is -2.51. The molecule has 106 valence electrons. The Labute approximate surface area is 114 Å². The number of nitrogens with zero attached hydrogens (tertiary/aromatic N) is 4. The maximum atomic E-state index is 13.4. The Balaban J connectivity index is 2.06. The Morgan fingerprint density at radius 2 is 2.25 bits per heavy atom. The van der Waals surface area contributed by atoms with Gasteiger partial charge in [0.05, 0.1) is 5.69 Å². The minimum atomic E-state index is -0.610. The van der Waals surface area contributed by atoms with E-state index in [9.17, 15) is 8.78 Å². The molecule has 0 bridgehead atoms. The molecule has 6 nitrogen and oxygen atoms in total. The highest BCUT2D eigenvalue weighted by molar-refractivity contribution is 5.92. The van der Waals surface area contributed by atoms with E-state index in [1.807, 2.05) is 6.92 Å². The Bertz CT molecular complexity index is 622. The van der Waals surface area contributed by atoms with Gasteiger partial charge in [0, 0.05) is 12.6 Å². The summed E-state index contributed by atoms with van der Waals surface area (Å²) in [7, 11) is 0. The summed E-state index contributed by atoms with van der Waals surface area (Å²) in [5.41, 5.74) is 5.56. The van der Waals surface area contributed by atoms with E-state index in [0.717, 1.165) is 18.2 Å². The SMILES string of the molecule is CCn1cnnc1CN=C(N)Nc1cc(F)ccc1F. The van der Waals surface area contributed by atoms with Crippen LogP contribution in [0.15, 0.2) is 29.5 Å². The van der Waals surface area contributed by atoms with Crippen molar-refractivity contribution in [3.05, 3.63) is 42.0 Å². The summed E-state index contributed by atoms with van der Waals surface area (Å²) in [5, 5.41) is 10.1. The van der Waals surface area contributed by atoms with Gasteiger partial charge >= 0.3 is 0 Å². The number of hydrogen-bond donors (Lipinski definition) is 2. The number of halogens is 2. The molecule has 0 saturated heterocycles. The monoisotopic (exact) mass is 280 g/mol. The maximum Gasteiger partial charge on any atom is 0.193 e. The smallest absolute Gasteiger partial charge is 0.193 e. The minimum Gasteiger partial charge on any atom is -0.370 e. The molecule has 2 rings (SSSR count). The third-order valence-corrected chi connectivity index (χ3v) is 2.62. The average Bonchev–Trinajstić information content (AvgIpc) is 2.88. The quantitative estimate of drug-likeness (QED) is 0.657. The van der Waals surface area contributed by atoms with Crippen molar-refractivity contribution in [1.82, 2.24) is 14.8 Å². The van der Waals surface area contributed by atoms with Gasteiger partial charge in [-0.3, -0.25) is 0 Å². The van der Waals surface area contributed by atoms with Crippen molar-refractivity contribution in [1.29, 1.82) is 0 Å². The highest BCUT2D eigenvalue weighted by Crippen LogP contribution is 2.14. The van der Waals surface area contributed by atoms with Gasteiger partial charge in [0.1, 0.15) is 24.5 Å². The van der Waals surface area contributed by atoms with Gasteiger partial charge in [-0.05, 0) is 19.1 Å². The van der Waals surface area contributed by atoms with Gasteiger partial charge in [-0.15, -0.1) is 10.2 Å². The van der Waals surface area contributed by atoms with Crippen molar-refractivity contribution >= 4 is 11.6 Å². The van der Waals surface area contributed by atoms with Crippen LogP contribution in [0.4, 0.5) is 14.5 Å². The second-order valence-corrected chi connectivity index (χ2v) is 3.98. The van der Waals surface area contributed by atoms with Crippen LogP contribution in [-0.2, 0) is 13.1 Å². The molecule has 8 heteroatoms. The average molecular weight is 280 g/mol. The molecule has 0 atom stereocenters. The number of aliphatic imine (C=N–C) groups is 1. The first-order valence-electron chi connectivity index (χ1n) is 5.99. The predicted molar refractivity (Wildman–Crippen MR) is 71.0 cm³/mol. The number of aryl methyl sites for hydroxylation is 1. The molecular formula is C12H14F2N6. The molecule has 20 heavy (non-hydrogen) atoms. The maximum absolute atomic E-state index is 13.4. The zero-order valence-corrected chi connectivity index (χ0v) is 10.8. The minimum absolute atomic E-state index is 0.0276. The molecule has 0 unspecified atom stereocenters. The van der Waals surface area contributed by atoms with Crippen molar-refractivity contribution in [3.63, 3.8) is 0 Å². The fourth-order valence-corrected chi connectivity index (χ4v) is 1.59. The second kappa shape index (κ2) is 6.09. The van der Waals surface area contributed by atoms with E-state index in [2.05, 4.69) is 20.5 Å². The lowest BCUT2D eigenvalue weighted by atomic mass is 10.3. The molecule has 0 aliphatic carbocycles. The number of hydrogen-bond acceptors (Lipinski definition) is 3. The molecule has 1 aromatic heterocycles. The number of guanidine groups is 1. The molecular weight excluding hydrogens is 266 g/mol. The van der Waals surface area contributed by atoms with Gasteiger partial charge in [-0.1, -0.05) is 0 Å². The van der Waals surface area contributed by atoms with Crippen LogP contribution in [0.1, 0.15) is 12.7 Å². The first kappa shape index (κ1) is 13.9. The molecule has 0 saturated carbocycles. The van der Waals surface area contributed by atoms with Gasteiger partial charge in [0.25, 0.3) is 0 Å². The van der Waals surface area contributed by atoms with Crippen LogP contribution in [0.5, 0.6) is 0 Å². The van der Waals surface area contributed by atoms with Gasteiger partial charge < -0.3 is 15.6 Å². The lowest BCUT2D eigenvalue weighted by Crippen LogP contribution is -2.23. The Morgan fingerprint density at radius 3 is 3.00 bits per heavy atom. The van der Waals surface area contributed by atoms with Crippen molar-refractivity contribution in [3.8, 4) is 0 Å². The van der Waals surface area contributed by atoms with Gasteiger partial charge in [0.2, 0.25) is 0 Å². The summed E-state index contributed by atoms with van der Waals surface area (Å²) >= 11 is 0. The largest absolute Gasteiger partial charge is 0.370 e. The molecule has 0 radical (unpaired) electrons. The standard InChI is InChI=1S/C12H14F2N6/c1-2-20-7-17-19-11(20)6-16-12(15)18-10-5-8(13)3-4-9(10)14/h3-5,7H,2,6H2,1H3,(H3,15,16,18). The van der Waals surface area contributed by atoms with E-state index in [0.29, 0.717) is 12.4 Å². The van der Waals surface area contributed by atoms with Crippen LogP contribution in [0.3, 0.4) is 0 Å². The van der Waals surface area contributed by atoms with E-state index in [1.165, 1.54) is 0 Å². The zero-order chi connectivity index (χ0) is 14.5. The fourth-order valence-electron chi connectivity index (χ4n) is 1.59. The molecule has 1 aromatic carbocycles. The van der Waals surface area contributed by atoms with Crippen LogP contribution in [0.2, 0.25) is 0 Å². The van der Waals surface area contributed by atoms with Crippen LogP contribution in [-0.4, -0.2) is 20.7 Å². The highest BCUT2D eigenvalue weighted by atomic mass is 19.1. The van der Waals surface area contributed by atoms with Crippen molar-refractivity contribution in [2.75, 3.05) is 5.32 Å². The summed E-state index contributed by atoms with van der Waals surface area (Å²) in [6.45, 7) is 2.85. The Morgan fingerprint density at radius 1 is 1.45 bits per heavy atom. The number of anilines is 1. The van der Waals surface area contributed by atoms with Crippen LogP contribution in [0.25, 0.3) is 0 Å². The van der Waals surface area contributed by atoms with E-state index in [1.54, 1.807) is 10.9 Å². The number of nitrogens with two attached hydrogens (primary N) is 1. The normalized spacial score (nSPS) is 11.7. The summed E-state index contributed by atoms with van der Waals surface area (Å²) < 4.78 is 28.2. The Kier molecular flexibility index (Phi) is 4.24. The van der Waals surface area contributed by atoms with Gasteiger partial charge in [0.15, 0.2) is 11.8 Å². The molecule has 0 spiro atoms. The fraction of sp³-hybridized carbons (Fsp3) is 0.250. The van der Waals surface area contributed by atoms with Crippen LogP contribution >= 0.6 is 0 Å². The van der Waals surface area contributed by atoms with E-state index in [-0.39, 0.29) is 18.2 Å². The predicted octanol–water partition coefficient (Wildman–Crippen LogP) is 1.50. The van der Waals surface area contributed by atoms with Crippen molar-refractivity contribution in [2.24, 2.45) is 10.7 Å². The zero-order valence-electron chi connectivity index (χ0n) is 10.8. The van der Waals surface area contributed by atoms with Crippen molar-refractivity contribution < 1.29 is 8.78 Å². The van der Waals surface area contributed by atoms with Gasteiger partial charge in [-0.25, -0.2) is 13.8 Å². The van der Waals surface area contributed by atoms with E-state index >= 15 is 0 Å². The highest BCUT2D eigenvalue weighted by Gasteiger charge is 2.06. The second-order valence-electron chi connectivity index (χ2n) is 3.98. The number of aromatic nitrogens is 3. The molecule has 3 N–H and O–H groups in total. The van der Waals surface area contributed by atoms with Crippen LogP contribution in [0, 0.1) is 11.6 Å². The van der Waals surface area contributed by atoms with E-state index in [4.69, 9.17) is 5.73 Å². The molecule has 1 heterocycles. The van der Waals surface area contributed by atoms with E-state index < -0.39 is 11.6 Å². The number of nitrogens with one attached hydrogen (secondary N) is 1. The first-order chi connectivity index (χ1) is 9.60. The topological polar surface area (TPSA) is 81.1 Å². The van der Waals surface area contributed by atoms with Crippen molar-refractivity contribution in [2.45, 2.75) is 20.0 Å². The summed E-state index contributed by atoms with van der Waals surface area (Å²) in [4.78, 5) is 4.01. The number of rotatable bonds is 4. The molecule has 0 aliphatic rings. The molecule has 2 aromatic rings. The molecule has 0 amide bonds. The van der Waals surface area contributed by atoms with Crippen LogP contribution < -0.4 is 11.1 Å². The summed E-state index contributed by atoms with van der Waals surface area (Å²) in [6.07, 6.45) is 1.58. The molecule has 0 aliphatic heterocycles. The third-order valence-electron chi connectivity index (χ3n) is 2.62.